The van der Waals surface area contributed by atoms with Gasteiger partial charge in [0.25, 0.3) is 5.91 Å². The average molecular weight is 496 g/mol. The highest BCUT2D eigenvalue weighted by Crippen LogP contribution is 2.33. The lowest BCUT2D eigenvalue weighted by atomic mass is 10.1. The largest absolute Gasteiger partial charge is 0.481 e. The van der Waals surface area contributed by atoms with E-state index >= 15 is 0 Å². The minimum absolute atomic E-state index is 0.0000585. The molecule has 0 unspecified atom stereocenters. The number of hydrogen-bond acceptors (Lipinski definition) is 7. The molecule has 2 N–H and O–H groups in total. The van der Waals surface area contributed by atoms with Gasteiger partial charge in [-0.05, 0) is 36.8 Å². The normalized spacial score (nSPS) is 11.5. The van der Waals surface area contributed by atoms with Crippen molar-refractivity contribution >= 4 is 43.7 Å². The molecule has 182 valence electrons. The van der Waals surface area contributed by atoms with E-state index in [2.05, 4.69) is 25.0 Å². The molecule has 0 bridgehead atoms. The number of rotatable bonds is 9. The summed E-state index contributed by atoms with van der Waals surface area (Å²) in [4.78, 5) is 20.4. The summed E-state index contributed by atoms with van der Waals surface area (Å²) in [7, 11) is -2.37. The zero-order valence-electron chi connectivity index (χ0n) is 18.8. The molecule has 0 saturated carbocycles. The molecule has 1 heterocycles. The fourth-order valence-corrected chi connectivity index (χ4v) is 3.77. The second-order valence-corrected chi connectivity index (χ2v) is 10.3. The number of carbonyl (C=O) groups excluding carboxylic acids is 1. The molecular formula is C22H24F3N5O3S. The number of aryl methyl sites for hydroxylation is 1. The molecule has 0 radical (unpaired) electrons. The van der Waals surface area contributed by atoms with Crippen molar-refractivity contribution in [2.24, 2.45) is 4.36 Å². The van der Waals surface area contributed by atoms with E-state index in [1.54, 1.807) is 12.1 Å². The summed E-state index contributed by atoms with van der Waals surface area (Å²) in [6.45, 7) is -0.868. The number of ether oxygens (including phenoxy) is 1. The van der Waals surface area contributed by atoms with E-state index in [1.165, 1.54) is 31.0 Å². The molecule has 0 atom stereocenters. The van der Waals surface area contributed by atoms with Crippen LogP contribution >= 0.6 is 0 Å². The van der Waals surface area contributed by atoms with E-state index in [1.807, 2.05) is 6.92 Å². The van der Waals surface area contributed by atoms with Crippen LogP contribution < -0.4 is 15.4 Å². The molecule has 0 fully saturated rings. The number of amides is 1. The quantitative estimate of drug-likeness (QED) is 0.465. The Hall–Kier alpha value is -3.41. The Bertz CT molecular complexity index is 1320. The lowest BCUT2D eigenvalue weighted by Gasteiger charge is -2.16. The van der Waals surface area contributed by atoms with Gasteiger partial charge in [-0.3, -0.25) is 4.79 Å². The highest BCUT2D eigenvalue weighted by atomic mass is 32.2. The summed E-state index contributed by atoms with van der Waals surface area (Å²) >= 11 is 0. The predicted octanol–water partition coefficient (Wildman–Crippen LogP) is 3.98. The number of nitrogens with one attached hydrogen (secondary N) is 2. The molecule has 3 rings (SSSR count). The SMILES string of the molecule is Cc1cc(N=S(C)(C)=O)cc2ncnc(Nc3ccc(F)cc3OCC(=O)NC(CF)CF)c12. The minimum atomic E-state index is -2.37. The molecule has 1 amide bonds. The van der Waals surface area contributed by atoms with Crippen molar-refractivity contribution in [3.8, 4) is 5.75 Å². The molecule has 12 heteroatoms. The third kappa shape index (κ3) is 6.56. The molecule has 3 aromatic rings. The van der Waals surface area contributed by atoms with Crippen LogP contribution in [0.3, 0.4) is 0 Å². The molecule has 0 aliphatic carbocycles. The molecule has 34 heavy (non-hydrogen) atoms. The fraction of sp³-hybridized carbons (Fsp3) is 0.318. The fourth-order valence-electron chi connectivity index (χ4n) is 3.15. The number of carbonyl (C=O) groups is 1. The standard InChI is InChI=1S/C22H24F3N5O3S/c1-13-6-15(30-34(2,3)32)8-18-21(13)22(27-12-26-18)29-17-5-4-14(25)7-19(17)33-11-20(31)28-16(9-23)10-24/h4-8,12,16H,9-11H2,1-3H3,(H,28,31)(H,26,27,29). The van der Waals surface area contributed by atoms with Gasteiger partial charge in [0.15, 0.2) is 6.61 Å². The summed E-state index contributed by atoms with van der Waals surface area (Å²) < 4.78 is 60.8. The molecule has 2 aromatic carbocycles. The van der Waals surface area contributed by atoms with Gasteiger partial charge in [0.1, 0.15) is 37.1 Å². The lowest BCUT2D eigenvalue weighted by molar-refractivity contribution is -0.124. The van der Waals surface area contributed by atoms with E-state index in [0.29, 0.717) is 28.1 Å². The van der Waals surface area contributed by atoms with Crippen LogP contribution in [-0.2, 0) is 14.5 Å². The summed E-state index contributed by atoms with van der Waals surface area (Å²) in [5.41, 5.74) is 2.13. The lowest BCUT2D eigenvalue weighted by Crippen LogP contribution is -2.40. The van der Waals surface area contributed by atoms with E-state index in [0.717, 1.165) is 11.6 Å². The van der Waals surface area contributed by atoms with Crippen molar-refractivity contribution in [3.63, 3.8) is 0 Å². The summed E-state index contributed by atoms with van der Waals surface area (Å²) in [6.07, 6.45) is 4.39. The molecule has 1 aromatic heterocycles. The van der Waals surface area contributed by atoms with Gasteiger partial charge >= 0.3 is 0 Å². The number of halogens is 3. The first-order chi connectivity index (χ1) is 16.1. The van der Waals surface area contributed by atoms with Crippen molar-refractivity contribution in [2.75, 3.05) is 37.8 Å². The summed E-state index contributed by atoms with van der Waals surface area (Å²) in [5.74, 6) is -0.971. The van der Waals surface area contributed by atoms with Gasteiger partial charge < -0.3 is 15.4 Å². The van der Waals surface area contributed by atoms with Crippen molar-refractivity contribution in [3.05, 3.63) is 48.0 Å². The molecular weight excluding hydrogens is 471 g/mol. The van der Waals surface area contributed by atoms with E-state index in [4.69, 9.17) is 4.74 Å². The van der Waals surface area contributed by atoms with Gasteiger partial charge in [-0.1, -0.05) is 0 Å². The monoisotopic (exact) mass is 495 g/mol. The molecule has 8 nitrogen and oxygen atoms in total. The van der Waals surface area contributed by atoms with E-state index < -0.39 is 47.5 Å². The number of alkyl halides is 2. The zero-order chi connectivity index (χ0) is 24.9. The number of nitrogens with zero attached hydrogens (tertiary/aromatic N) is 3. The Kier molecular flexibility index (Phi) is 7.92. The van der Waals surface area contributed by atoms with E-state index in [-0.39, 0.29) is 5.75 Å². The van der Waals surface area contributed by atoms with Crippen LogP contribution in [0.15, 0.2) is 41.0 Å². The van der Waals surface area contributed by atoms with Gasteiger partial charge in [0.05, 0.1) is 22.9 Å². The number of fused-ring (bicyclic) bond motifs is 1. The van der Waals surface area contributed by atoms with Crippen LogP contribution in [-0.4, -0.2) is 58.6 Å². The van der Waals surface area contributed by atoms with Crippen molar-refractivity contribution < 1.29 is 26.9 Å². The maximum absolute atomic E-state index is 13.9. The number of hydrogen-bond donors (Lipinski definition) is 2. The van der Waals surface area contributed by atoms with Crippen molar-refractivity contribution in [2.45, 2.75) is 13.0 Å². The Labute approximate surface area is 195 Å². The highest BCUT2D eigenvalue weighted by molar-refractivity contribution is 7.92. The second kappa shape index (κ2) is 10.7. The van der Waals surface area contributed by atoms with Crippen LogP contribution in [0.4, 0.5) is 30.4 Å². The van der Waals surface area contributed by atoms with Gasteiger partial charge in [0.2, 0.25) is 0 Å². The molecule has 0 saturated heterocycles. The highest BCUT2D eigenvalue weighted by Gasteiger charge is 2.15. The Morgan fingerprint density at radius 1 is 1.18 bits per heavy atom. The number of anilines is 2. The maximum atomic E-state index is 13.9. The molecule has 0 spiro atoms. The van der Waals surface area contributed by atoms with Gasteiger partial charge in [0, 0.05) is 33.7 Å². The second-order valence-electron chi connectivity index (χ2n) is 7.78. The average Bonchev–Trinajstić information content (AvgIpc) is 2.76. The van der Waals surface area contributed by atoms with Crippen molar-refractivity contribution in [1.29, 1.82) is 0 Å². The summed E-state index contributed by atoms with van der Waals surface area (Å²) in [6, 6.07) is 5.85. The Morgan fingerprint density at radius 2 is 1.91 bits per heavy atom. The first kappa shape index (κ1) is 25.2. The first-order valence-electron chi connectivity index (χ1n) is 10.1. The van der Waals surface area contributed by atoms with Crippen LogP contribution in [0.5, 0.6) is 5.75 Å². The topological polar surface area (TPSA) is 106 Å². The number of benzene rings is 2. The van der Waals surface area contributed by atoms with Crippen LogP contribution in [0.1, 0.15) is 5.56 Å². The van der Waals surface area contributed by atoms with Gasteiger partial charge in [-0.15, -0.1) is 0 Å². The van der Waals surface area contributed by atoms with Gasteiger partial charge in [-0.25, -0.2) is 27.3 Å². The third-order valence-corrected chi connectivity index (χ3v) is 5.19. The number of aromatic nitrogens is 2. The molecule has 0 aliphatic heterocycles. The summed E-state index contributed by atoms with van der Waals surface area (Å²) in [5, 5.41) is 5.86. The minimum Gasteiger partial charge on any atom is -0.481 e. The first-order valence-corrected chi connectivity index (χ1v) is 12.5. The Morgan fingerprint density at radius 3 is 2.59 bits per heavy atom. The predicted molar refractivity (Wildman–Crippen MR) is 125 cm³/mol. The Balaban J connectivity index is 1.90. The van der Waals surface area contributed by atoms with Crippen LogP contribution in [0, 0.1) is 12.7 Å². The zero-order valence-corrected chi connectivity index (χ0v) is 19.6. The van der Waals surface area contributed by atoms with Crippen molar-refractivity contribution in [1.82, 2.24) is 15.3 Å². The molecule has 0 aliphatic rings. The smallest absolute Gasteiger partial charge is 0.258 e. The van der Waals surface area contributed by atoms with Crippen LogP contribution in [0.2, 0.25) is 0 Å². The van der Waals surface area contributed by atoms with E-state index in [9.17, 15) is 22.2 Å². The maximum Gasteiger partial charge on any atom is 0.258 e. The van der Waals surface area contributed by atoms with Crippen LogP contribution in [0.25, 0.3) is 10.9 Å². The van der Waals surface area contributed by atoms with Gasteiger partial charge in [-0.2, -0.15) is 4.36 Å². The third-order valence-electron chi connectivity index (χ3n) is 4.54.